The van der Waals surface area contributed by atoms with Gasteiger partial charge in [-0.15, -0.1) is 0 Å². The number of nitrogens with one attached hydrogen (secondary N) is 1. The highest BCUT2D eigenvalue weighted by molar-refractivity contribution is 7.92. The maximum atomic E-state index is 13.0. The molecule has 148 valence electrons. The van der Waals surface area contributed by atoms with E-state index in [9.17, 15) is 13.2 Å². The zero-order valence-corrected chi connectivity index (χ0v) is 17.1. The molecule has 1 aliphatic heterocycles. The van der Waals surface area contributed by atoms with Crippen molar-refractivity contribution in [2.75, 3.05) is 16.7 Å². The van der Waals surface area contributed by atoms with E-state index in [2.05, 4.69) is 4.72 Å². The highest BCUT2D eigenvalue weighted by Gasteiger charge is 2.26. The van der Waals surface area contributed by atoms with Crippen molar-refractivity contribution in [1.29, 1.82) is 0 Å². The predicted octanol–water partition coefficient (Wildman–Crippen LogP) is 4.49. The number of amides is 1. The monoisotopic (exact) mass is 408 g/mol. The van der Waals surface area contributed by atoms with Crippen LogP contribution in [0, 0.1) is 13.8 Å². The molecule has 0 aliphatic carbocycles. The van der Waals surface area contributed by atoms with Gasteiger partial charge < -0.3 is 9.64 Å². The molecule has 1 N–H and O–H groups in total. The molecule has 0 spiro atoms. The molecule has 4 rings (SSSR count). The maximum Gasteiger partial charge on any atom is 0.261 e. The number of hydrogen-bond acceptors (Lipinski definition) is 4. The zero-order chi connectivity index (χ0) is 20.8. The van der Waals surface area contributed by atoms with Crippen molar-refractivity contribution in [3.8, 4) is 11.5 Å². The molecule has 0 radical (unpaired) electrons. The lowest BCUT2D eigenvalue weighted by atomic mass is 10.1. The molecule has 3 aromatic rings. The summed E-state index contributed by atoms with van der Waals surface area (Å²) in [4.78, 5) is 14.7. The van der Waals surface area contributed by atoms with Crippen molar-refractivity contribution in [1.82, 2.24) is 0 Å². The first-order valence-electron chi connectivity index (χ1n) is 9.05. The van der Waals surface area contributed by atoms with Gasteiger partial charge >= 0.3 is 0 Å². The molecule has 1 heterocycles. The van der Waals surface area contributed by atoms with Crippen molar-refractivity contribution < 1.29 is 17.9 Å². The number of rotatable bonds is 3. The Morgan fingerprint density at radius 2 is 1.52 bits per heavy atom. The third-order valence-corrected chi connectivity index (χ3v) is 6.19. The van der Waals surface area contributed by atoms with Gasteiger partial charge in [-0.25, -0.2) is 8.42 Å². The number of fused-ring (bicyclic) bond motifs is 2. The third-order valence-electron chi connectivity index (χ3n) is 4.79. The lowest BCUT2D eigenvalue weighted by molar-refractivity contribution is 0.0993. The molecule has 0 unspecified atom stereocenters. The van der Waals surface area contributed by atoms with Crippen LogP contribution in [0.3, 0.4) is 0 Å². The summed E-state index contributed by atoms with van der Waals surface area (Å²) in [5, 5.41) is 0. The highest BCUT2D eigenvalue weighted by atomic mass is 32.2. The molecule has 0 aromatic heterocycles. The minimum Gasteiger partial charge on any atom is -0.454 e. The van der Waals surface area contributed by atoms with E-state index in [1.807, 2.05) is 32.0 Å². The lowest BCUT2D eigenvalue weighted by Gasteiger charge is -2.17. The Bertz CT molecular complexity index is 1220. The molecule has 6 nitrogen and oxygen atoms in total. The summed E-state index contributed by atoms with van der Waals surface area (Å²) in [7, 11) is -2.10. The number of anilines is 2. The molecule has 0 fully saturated rings. The van der Waals surface area contributed by atoms with Gasteiger partial charge in [-0.05, 0) is 61.9 Å². The Labute approximate surface area is 169 Å². The summed E-state index contributed by atoms with van der Waals surface area (Å²) in [5.41, 5.74) is 3.20. The van der Waals surface area contributed by atoms with Gasteiger partial charge in [0.25, 0.3) is 15.9 Å². The smallest absolute Gasteiger partial charge is 0.261 e. The Hall–Kier alpha value is -3.32. The second kappa shape index (κ2) is 6.93. The summed E-state index contributed by atoms with van der Waals surface area (Å²) < 4.78 is 33.8. The van der Waals surface area contributed by atoms with Gasteiger partial charge in [-0.1, -0.05) is 23.8 Å². The fourth-order valence-corrected chi connectivity index (χ4v) is 4.21. The number of hydrogen-bond donors (Lipinski definition) is 1. The average molecular weight is 408 g/mol. The van der Waals surface area contributed by atoms with Crippen LogP contribution < -0.4 is 14.4 Å². The molecule has 7 heteroatoms. The highest BCUT2D eigenvalue weighted by Crippen LogP contribution is 2.39. The Morgan fingerprint density at radius 3 is 2.24 bits per heavy atom. The van der Waals surface area contributed by atoms with Gasteiger partial charge in [0.05, 0.1) is 16.1 Å². The molecule has 0 saturated carbocycles. The van der Waals surface area contributed by atoms with E-state index in [1.165, 1.54) is 11.0 Å². The summed E-state index contributed by atoms with van der Waals surface area (Å²) in [5.74, 6) is 0.668. The Morgan fingerprint density at radius 1 is 0.862 bits per heavy atom. The van der Waals surface area contributed by atoms with Crippen LogP contribution in [0.4, 0.5) is 11.4 Å². The van der Waals surface area contributed by atoms with E-state index < -0.39 is 10.0 Å². The number of ether oxygens (including phenoxy) is 1. The van der Waals surface area contributed by atoms with Crippen molar-refractivity contribution in [2.24, 2.45) is 0 Å². The number of carbonyl (C=O) groups is 1. The topological polar surface area (TPSA) is 75.7 Å². The molecular formula is C22H20N2O4S. The quantitative estimate of drug-likeness (QED) is 0.693. The van der Waals surface area contributed by atoms with Gasteiger partial charge in [-0.2, -0.15) is 0 Å². The first kappa shape index (κ1) is 19.0. The van der Waals surface area contributed by atoms with Crippen LogP contribution in [0.2, 0.25) is 0 Å². The molecule has 1 amide bonds. The second-order valence-electron chi connectivity index (χ2n) is 7.07. The number of aryl methyl sites for hydroxylation is 2. The van der Waals surface area contributed by atoms with Crippen LogP contribution in [0.15, 0.2) is 65.6 Å². The van der Waals surface area contributed by atoms with E-state index in [-0.39, 0.29) is 22.1 Å². The number of benzene rings is 3. The normalized spacial score (nSPS) is 13.2. The SMILES string of the molecule is Cc1ccc(S(=O)(=O)Nc2ccc3c(c2)C(=O)N(C)c2cc(C)ccc2O3)cc1. The van der Waals surface area contributed by atoms with Crippen LogP contribution in [0.1, 0.15) is 21.5 Å². The first-order valence-corrected chi connectivity index (χ1v) is 10.5. The van der Waals surface area contributed by atoms with Gasteiger partial charge in [0.2, 0.25) is 0 Å². The molecule has 29 heavy (non-hydrogen) atoms. The van der Waals surface area contributed by atoms with Gasteiger partial charge in [0.15, 0.2) is 5.75 Å². The van der Waals surface area contributed by atoms with Crippen LogP contribution in [0.25, 0.3) is 0 Å². The predicted molar refractivity (Wildman–Crippen MR) is 112 cm³/mol. The number of carbonyl (C=O) groups excluding carboxylic acids is 1. The van der Waals surface area contributed by atoms with Crippen molar-refractivity contribution in [3.05, 3.63) is 77.4 Å². The van der Waals surface area contributed by atoms with Crippen molar-refractivity contribution in [2.45, 2.75) is 18.7 Å². The van der Waals surface area contributed by atoms with E-state index in [0.29, 0.717) is 17.2 Å². The van der Waals surface area contributed by atoms with Crippen LogP contribution in [0.5, 0.6) is 11.5 Å². The van der Waals surface area contributed by atoms with E-state index in [0.717, 1.165) is 11.1 Å². The summed E-state index contributed by atoms with van der Waals surface area (Å²) in [6.45, 7) is 3.83. The average Bonchev–Trinajstić information content (AvgIpc) is 2.78. The van der Waals surface area contributed by atoms with Crippen LogP contribution >= 0.6 is 0 Å². The molecule has 1 aliphatic rings. The molecule has 0 atom stereocenters. The summed E-state index contributed by atoms with van der Waals surface area (Å²) >= 11 is 0. The van der Waals surface area contributed by atoms with E-state index in [1.54, 1.807) is 43.4 Å². The molecule has 0 bridgehead atoms. The van der Waals surface area contributed by atoms with E-state index in [4.69, 9.17) is 4.74 Å². The second-order valence-corrected chi connectivity index (χ2v) is 8.75. The van der Waals surface area contributed by atoms with Crippen molar-refractivity contribution in [3.63, 3.8) is 0 Å². The van der Waals surface area contributed by atoms with Gasteiger partial charge in [0.1, 0.15) is 5.75 Å². The summed E-state index contributed by atoms with van der Waals surface area (Å²) in [6, 6.07) is 16.8. The van der Waals surface area contributed by atoms with Crippen molar-refractivity contribution >= 4 is 27.3 Å². The fourth-order valence-electron chi connectivity index (χ4n) is 3.17. The lowest BCUT2D eigenvalue weighted by Crippen LogP contribution is -2.25. The fraction of sp³-hybridized carbons (Fsp3) is 0.136. The molecular weight excluding hydrogens is 388 g/mol. The maximum absolute atomic E-state index is 13.0. The first-order chi connectivity index (χ1) is 13.7. The van der Waals surface area contributed by atoms with Crippen LogP contribution in [-0.2, 0) is 10.0 Å². The molecule has 0 saturated heterocycles. The number of sulfonamides is 1. The van der Waals surface area contributed by atoms with Gasteiger partial charge in [0, 0.05) is 12.7 Å². The summed E-state index contributed by atoms with van der Waals surface area (Å²) in [6.07, 6.45) is 0. The standard InChI is InChI=1S/C22H20N2O4S/c1-14-4-8-17(9-5-14)29(26,27)23-16-7-11-20-18(13-16)22(25)24(3)19-12-15(2)6-10-21(19)28-20/h4-13,23H,1-3H3. The Balaban J connectivity index is 1.70. The van der Waals surface area contributed by atoms with Gasteiger partial charge in [-0.3, -0.25) is 9.52 Å². The largest absolute Gasteiger partial charge is 0.454 e. The third kappa shape index (κ3) is 3.56. The zero-order valence-electron chi connectivity index (χ0n) is 16.3. The Kier molecular flexibility index (Phi) is 4.55. The number of nitrogens with zero attached hydrogens (tertiary/aromatic N) is 1. The molecule has 3 aromatic carbocycles. The van der Waals surface area contributed by atoms with E-state index >= 15 is 0 Å². The minimum atomic E-state index is -3.77. The van der Waals surface area contributed by atoms with Crippen LogP contribution in [-0.4, -0.2) is 21.4 Å². The minimum absolute atomic E-state index is 0.153.